The lowest BCUT2D eigenvalue weighted by atomic mass is 10.2. The van der Waals surface area contributed by atoms with Gasteiger partial charge in [0, 0.05) is 24.8 Å². The number of nitrogens with zero attached hydrogens (tertiary/aromatic N) is 3. The van der Waals surface area contributed by atoms with Gasteiger partial charge in [-0.05, 0) is 12.8 Å². The van der Waals surface area contributed by atoms with Crippen molar-refractivity contribution < 1.29 is 4.74 Å². The summed E-state index contributed by atoms with van der Waals surface area (Å²) in [6.45, 7) is 2.50. The van der Waals surface area contributed by atoms with Crippen LogP contribution in [0, 0.1) is 0 Å². The van der Waals surface area contributed by atoms with Crippen LogP contribution in [0.25, 0.3) is 0 Å². The Bertz CT molecular complexity index is 350. The van der Waals surface area contributed by atoms with Gasteiger partial charge in [-0.15, -0.1) is 0 Å². The maximum atomic E-state index is 5.70. The molecule has 0 N–H and O–H groups in total. The van der Waals surface area contributed by atoms with E-state index < -0.39 is 0 Å². The van der Waals surface area contributed by atoms with E-state index in [1.54, 1.807) is 0 Å². The topological polar surface area (TPSA) is 30.3 Å². The van der Waals surface area contributed by atoms with Crippen molar-refractivity contribution in [2.45, 2.75) is 25.0 Å². The van der Waals surface area contributed by atoms with Gasteiger partial charge in [0.05, 0.1) is 24.9 Å². The maximum Gasteiger partial charge on any atom is 0.0991 e. The third-order valence-electron chi connectivity index (χ3n) is 2.96. The number of hydrogen-bond donors (Lipinski definition) is 1. The summed E-state index contributed by atoms with van der Waals surface area (Å²) >= 11 is 4.36. The molecule has 15 heavy (non-hydrogen) atoms. The van der Waals surface area contributed by atoms with Crippen molar-refractivity contribution in [1.29, 1.82) is 0 Å². The molecule has 1 aliphatic heterocycles. The Hall–Kier alpha value is -0.520. The fourth-order valence-corrected chi connectivity index (χ4v) is 2.13. The van der Waals surface area contributed by atoms with Crippen LogP contribution in [-0.2, 0) is 4.74 Å². The van der Waals surface area contributed by atoms with E-state index in [1.165, 1.54) is 18.4 Å². The van der Waals surface area contributed by atoms with Crippen LogP contribution in [0.15, 0.2) is 12.4 Å². The number of hydrogen-bond acceptors (Lipinski definition) is 4. The van der Waals surface area contributed by atoms with Crippen LogP contribution in [0.5, 0.6) is 0 Å². The number of thiol groups is 1. The number of ether oxygens (including phenoxy) is 1. The van der Waals surface area contributed by atoms with Crippen molar-refractivity contribution in [1.82, 2.24) is 14.1 Å². The highest BCUT2D eigenvalue weighted by molar-refractivity contribution is 7.77. The Morgan fingerprint density at radius 2 is 2.33 bits per heavy atom. The first-order valence-electron chi connectivity index (χ1n) is 5.42. The highest BCUT2D eigenvalue weighted by Crippen LogP contribution is 2.35. The van der Waals surface area contributed by atoms with Crippen molar-refractivity contribution in [3.63, 3.8) is 0 Å². The first kappa shape index (κ1) is 9.69. The van der Waals surface area contributed by atoms with Gasteiger partial charge in [0.25, 0.3) is 0 Å². The molecule has 82 valence electrons. The minimum atomic E-state index is 0.142. The van der Waals surface area contributed by atoms with Crippen molar-refractivity contribution in [2.24, 2.45) is 0 Å². The predicted molar refractivity (Wildman–Crippen MR) is 59.8 cm³/mol. The summed E-state index contributed by atoms with van der Waals surface area (Å²) in [7, 11) is 0. The number of morpholine rings is 1. The van der Waals surface area contributed by atoms with E-state index in [2.05, 4.69) is 28.8 Å². The average molecular weight is 225 g/mol. The molecule has 1 saturated carbocycles. The standard InChI is InChI=1S/C10H15N3OS/c15-12-3-4-14-10(7-12)8-5-11-13(6-8)9-1-2-9/h5-6,9-10,15H,1-4,7H2/t10-/m1/s1. The molecule has 1 aromatic heterocycles. The second-order valence-electron chi connectivity index (χ2n) is 4.26. The summed E-state index contributed by atoms with van der Waals surface area (Å²) in [4.78, 5) is 0. The molecule has 2 fully saturated rings. The van der Waals surface area contributed by atoms with Crippen LogP contribution in [0.3, 0.4) is 0 Å². The van der Waals surface area contributed by atoms with Gasteiger partial charge in [-0.25, -0.2) is 4.31 Å². The molecule has 3 rings (SSSR count). The van der Waals surface area contributed by atoms with Crippen LogP contribution >= 0.6 is 12.8 Å². The van der Waals surface area contributed by atoms with Crippen LogP contribution in [-0.4, -0.2) is 33.8 Å². The number of rotatable bonds is 2. The Morgan fingerprint density at radius 1 is 1.47 bits per heavy atom. The number of aromatic nitrogens is 2. The summed E-state index contributed by atoms with van der Waals surface area (Å²) < 4.78 is 9.77. The second-order valence-corrected chi connectivity index (χ2v) is 4.82. The summed E-state index contributed by atoms with van der Waals surface area (Å²) in [6, 6.07) is 0.648. The van der Waals surface area contributed by atoms with Crippen LogP contribution in [0.4, 0.5) is 0 Å². The van der Waals surface area contributed by atoms with Crippen molar-refractivity contribution in [2.75, 3.05) is 19.7 Å². The minimum Gasteiger partial charge on any atom is -0.371 e. The second kappa shape index (κ2) is 3.81. The van der Waals surface area contributed by atoms with Crippen LogP contribution in [0.1, 0.15) is 30.6 Å². The van der Waals surface area contributed by atoms with E-state index in [9.17, 15) is 0 Å². The lowest BCUT2D eigenvalue weighted by Gasteiger charge is -2.28. The van der Waals surface area contributed by atoms with Gasteiger partial charge in [-0.2, -0.15) is 5.10 Å². The Morgan fingerprint density at radius 3 is 3.07 bits per heavy atom. The largest absolute Gasteiger partial charge is 0.371 e. The molecule has 4 nitrogen and oxygen atoms in total. The van der Waals surface area contributed by atoms with Gasteiger partial charge in [-0.3, -0.25) is 4.68 Å². The first-order valence-corrected chi connectivity index (χ1v) is 5.82. The molecule has 0 amide bonds. The molecule has 1 atom stereocenters. The molecule has 2 heterocycles. The lowest BCUT2D eigenvalue weighted by molar-refractivity contribution is 0.00117. The zero-order chi connectivity index (χ0) is 10.3. The monoisotopic (exact) mass is 225 g/mol. The molecule has 2 aliphatic rings. The van der Waals surface area contributed by atoms with Gasteiger partial charge in [0.2, 0.25) is 0 Å². The third kappa shape index (κ3) is 2.04. The Kier molecular flexibility index (Phi) is 2.46. The van der Waals surface area contributed by atoms with Crippen molar-refractivity contribution in [3.05, 3.63) is 18.0 Å². The molecule has 0 bridgehead atoms. The highest BCUT2D eigenvalue weighted by Gasteiger charge is 2.26. The maximum absolute atomic E-state index is 5.70. The normalized spacial score (nSPS) is 28.2. The summed E-state index contributed by atoms with van der Waals surface area (Å²) in [5.74, 6) is 0. The highest BCUT2D eigenvalue weighted by atomic mass is 32.1. The van der Waals surface area contributed by atoms with E-state index in [1.807, 2.05) is 10.5 Å². The van der Waals surface area contributed by atoms with Crippen LogP contribution in [0.2, 0.25) is 0 Å². The van der Waals surface area contributed by atoms with Gasteiger partial charge < -0.3 is 4.74 Å². The van der Waals surface area contributed by atoms with E-state index in [4.69, 9.17) is 4.74 Å². The minimum absolute atomic E-state index is 0.142. The van der Waals surface area contributed by atoms with E-state index >= 15 is 0 Å². The zero-order valence-electron chi connectivity index (χ0n) is 8.54. The quantitative estimate of drug-likeness (QED) is 0.772. The predicted octanol–water partition coefficient (Wildman–Crippen LogP) is 1.44. The SMILES string of the molecule is SN1CCO[C@@H](c2cnn(C3CC3)c2)C1. The Labute approximate surface area is 94.7 Å². The van der Waals surface area contributed by atoms with Gasteiger partial charge in [0.15, 0.2) is 0 Å². The summed E-state index contributed by atoms with van der Waals surface area (Å²) in [5, 5.41) is 4.37. The molecule has 5 heteroatoms. The van der Waals surface area contributed by atoms with Crippen molar-refractivity contribution in [3.8, 4) is 0 Å². The first-order chi connectivity index (χ1) is 7.33. The summed E-state index contributed by atoms with van der Waals surface area (Å²) in [6.07, 6.45) is 6.73. The molecule has 1 saturated heterocycles. The Balaban J connectivity index is 1.73. The molecule has 1 aromatic rings. The van der Waals surface area contributed by atoms with Gasteiger partial charge >= 0.3 is 0 Å². The zero-order valence-corrected chi connectivity index (χ0v) is 9.44. The molecule has 1 aliphatic carbocycles. The van der Waals surface area contributed by atoms with Gasteiger partial charge in [0.1, 0.15) is 0 Å². The fraction of sp³-hybridized carbons (Fsp3) is 0.700. The van der Waals surface area contributed by atoms with E-state index in [0.29, 0.717) is 6.04 Å². The molecular formula is C10H15N3OS. The third-order valence-corrected chi connectivity index (χ3v) is 3.32. The smallest absolute Gasteiger partial charge is 0.0991 e. The van der Waals surface area contributed by atoms with E-state index in [0.717, 1.165) is 19.7 Å². The van der Waals surface area contributed by atoms with E-state index in [-0.39, 0.29) is 6.10 Å². The van der Waals surface area contributed by atoms with Gasteiger partial charge in [-0.1, -0.05) is 12.8 Å². The molecule has 0 radical (unpaired) electrons. The lowest BCUT2D eigenvalue weighted by Crippen LogP contribution is -2.31. The summed E-state index contributed by atoms with van der Waals surface area (Å²) in [5.41, 5.74) is 1.18. The molecular weight excluding hydrogens is 210 g/mol. The van der Waals surface area contributed by atoms with Crippen molar-refractivity contribution >= 4 is 12.8 Å². The molecule has 0 spiro atoms. The molecule has 0 aromatic carbocycles. The fourth-order valence-electron chi connectivity index (χ4n) is 1.90. The van der Waals surface area contributed by atoms with Crippen LogP contribution < -0.4 is 0 Å². The average Bonchev–Trinajstić information content (AvgIpc) is 2.97. The molecule has 0 unspecified atom stereocenters.